The number of benzene rings is 1. The Kier molecular flexibility index (Phi) is 4.08. The van der Waals surface area contributed by atoms with Gasteiger partial charge in [-0.2, -0.15) is 0 Å². The SMILES string of the molecule is CCC(C)C1C(=O)C(c2ccccc2)=C1OC(C)C. The number of allylic oxidation sites excluding steroid dienone is 2. The maximum Gasteiger partial charge on any atom is 0.177 e. The molecule has 1 aromatic rings. The van der Waals surface area contributed by atoms with Crippen molar-refractivity contribution in [3.8, 4) is 0 Å². The van der Waals surface area contributed by atoms with E-state index in [1.807, 2.05) is 44.2 Å². The minimum atomic E-state index is -0.0531. The summed E-state index contributed by atoms with van der Waals surface area (Å²) in [4.78, 5) is 12.4. The van der Waals surface area contributed by atoms with Crippen LogP contribution in [0.3, 0.4) is 0 Å². The molecule has 1 aliphatic carbocycles. The van der Waals surface area contributed by atoms with Gasteiger partial charge in [0.1, 0.15) is 5.76 Å². The molecule has 0 aliphatic heterocycles. The average Bonchev–Trinajstić information content (AvgIpc) is 2.39. The standard InChI is InChI=1S/C17H22O2/c1-5-12(4)14-16(18)15(17(14)19-11(2)3)13-9-7-6-8-10-13/h6-12,14H,5H2,1-4H3. The van der Waals surface area contributed by atoms with E-state index >= 15 is 0 Å². The summed E-state index contributed by atoms with van der Waals surface area (Å²) in [6.07, 6.45) is 1.09. The molecule has 2 rings (SSSR count). The molecule has 0 aromatic heterocycles. The summed E-state index contributed by atoms with van der Waals surface area (Å²) < 4.78 is 5.92. The molecule has 0 bridgehead atoms. The molecule has 0 N–H and O–H groups in total. The van der Waals surface area contributed by atoms with Crippen LogP contribution in [0, 0.1) is 11.8 Å². The van der Waals surface area contributed by atoms with E-state index in [4.69, 9.17) is 4.74 Å². The summed E-state index contributed by atoms with van der Waals surface area (Å²) in [6, 6.07) is 9.83. The first-order valence-corrected chi connectivity index (χ1v) is 7.06. The second-order valence-electron chi connectivity index (χ2n) is 5.50. The van der Waals surface area contributed by atoms with E-state index in [1.54, 1.807) is 0 Å². The summed E-state index contributed by atoms with van der Waals surface area (Å²) in [6.45, 7) is 8.25. The van der Waals surface area contributed by atoms with Gasteiger partial charge < -0.3 is 4.74 Å². The highest BCUT2D eigenvalue weighted by Crippen LogP contribution is 2.43. The van der Waals surface area contributed by atoms with Crippen molar-refractivity contribution in [3.05, 3.63) is 41.7 Å². The zero-order valence-electron chi connectivity index (χ0n) is 12.1. The van der Waals surface area contributed by atoms with Gasteiger partial charge in [0, 0.05) is 0 Å². The van der Waals surface area contributed by atoms with Crippen molar-refractivity contribution < 1.29 is 9.53 Å². The lowest BCUT2D eigenvalue weighted by Crippen LogP contribution is -2.37. The Labute approximate surface area is 115 Å². The largest absolute Gasteiger partial charge is 0.494 e. The Morgan fingerprint density at radius 2 is 1.79 bits per heavy atom. The number of carbonyl (C=O) groups is 1. The third kappa shape index (κ3) is 2.58. The van der Waals surface area contributed by atoms with Gasteiger partial charge in [0.15, 0.2) is 5.78 Å². The van der Waals surface area contributed by atoms with Gasteiger partial charge in [0.25, 0.3) is 0 Å². The topological polar surface area (TPSA) is 26.3 Å². The Morgan fingerprint density at radius 3 is 2.32 bits per heavy atom. The lowest BCUT2D eigenvalue weighted by Gasteiger charge is -2.36. The van der Waals surface area contributed by atoms with E-state index in [9.17, 15) is 4.79 Å². The van der Waals surface area contributed by atoms with Gasteiger partial charge in [0.2, 0.25) is 0 Å². The molecule has 102 valence electrons. The molecule has 1 aromatic carbocycles. The van der Waals surface area contributed by atoms with Crippen molar-refractivity contribution >= 4 is 11.4 Å². The van der Waals surface area contributed by atoms with Crippen LogP contribution in [0.5, 0.6) is 0 Å². The lowest BCUT2D eigenvalue weighted by atomic mass is 9.71. The smallest absolute Gasteiger partial charge is 0.177 e. The zero-order chi connectivity index (χ0) is 14.0. The monoisotopic (exact) mass is 258 g/mol. The van der Waals surface area contributed by atoms with E-state index in [0.717, 1.165) is 23.3 Å². The quantitative estimate of drug-likeness (QED) is 0.796. The van der Waals surface area contributed by atoms with Crippen molar-refractivity contribution in [1.29, 1.82) is 0 Å². The molecular weight excluding hydrogens is 236 g/mol. The van der Waals surface area contributed by atoms with Crippen LogP contribution in [0.2, 0.25) is 0 Å². The molecule has 0 amide bonds. The number of carbonyl (C=O) groups excluding carboxylic acids is 1. The van der Waals surface area contributed by atoms with Crippen LogP contribution in [0.4, 0.5) is 0 Å². The highest BCUT2D eigenvalue weighted by atomic mass is 16.5. The molecular formula is C17H22O2. The summed E-state index contributed by atoms with van der Waals surface area (Å²) >= 11 is 0. The predicted molar refractivity (Wildman–Crippen MR) is 77.5 cm³/mol. The molecule has 0 saturated carbocycles. The maximum atomic E-state index is 12.4. The van der Waals surface area contributed by atoms with Crippen LogP contribution in [0.25, 0.3) is 5.57 Å². The second-order valence-corrected chi connectivity index (χ2v) is 5.50. The minimum absolute atomic E-state index is 0.0531. The summed E-state index contributed by atoms with van der Waals surface area (Å²) in [7, 11) is 0. The molecule has 1 aliphatic rings. The van der Waals surface area contributed by atoms with Gasteiger partial charge in [-0.25, -0.2) is 0 Å². The molecule has 2 unspecified atom stereocenters. The first-order chi connectivity index (χ1) is 9.06. The van der Waals surface area contributed by atoms with Crippen molar-refractivity contribution in [1.82, 2.24) is 0 Å². The third-order valence-corrected chi connectivity index (χ3v) is 3.70. The van der Waals surface area contributed by atoms with Crippen LogP contribution in [-0.2, 0) is 9.53 Å². The van der Waals surface area contributed by atoms with Gasteiger partial charge >= 0.3 is 0 Å². The van der Waals surface area contributed by atoms with Crippen LogP contribution >= 0.6 is 0 Å². The first kappa shape index (κ1) is 13.9. The number of hydrogen-bond donors (Lipinski definition) is 0. The number of Topliss-reactive ketones (excluding diaryl/α,β-unsaturated/α-hetero) is 1. The Bertz CT molecular complexity index is 485. The highest BCUT2D eigenvalue weighted by molar-refractivity contribution is 6.29. The van der Waals surface area contributed by atoms with Crippen molar-refractivity contribution in [2.75, 3.05) is 0 Å². The zero-order valence-corrected chi connectivity index (χ0v) is 12.1. The van der Waals surface area contributed by atoms with Crippen molar-refractivity contribution in [3.63, 3.8) is 0 Å². The van der Waals surface area contributed by atoms with Gasteiger partial charge in [-0.3, -0.25) is 4.79 Å². The highest BCUT2D eigenvalue weighted by Gasteiger charge is 2.44. The number of ketones is 1. The van der Waals surface area contributed by atoms with Crippen molar-refractivity contribution in [2.24, 2.45) is 11.8 Å². The normalized spacial score (nSPS) is 20.5. The Hall–Kier alpha value is -1.57. The van der Waals surface area contributed by atoms with Gasteiger partial charge in [-0.1, -0.05) is 50.6 Å². The Morgan fingerprint density at radius 1 is 1.16 bits per heavy atom. The van der Waals surface area contributed by atoms with Crippen LogP contribution < -0.4 is 0 Å². The number of hydrogen-bond acceptors (Lipinski definition) is 2. The summed E-state index contributed by atoms with van der Waals surface area (Å²) in [5.41, 5.74) is 1.75. The summed E-state index contributed by atoms with van der Waals surface area (Å²) in [5.74, 6) is 1.41. The first-order valence-electron chi connectivity index (χ1n) is 7.06. The van der Waals surface area contributed by atoms with Crippen LogP contribution in [0.15, 0.2) is 36.1 Å². The summed E-state index contributed by atoms with van der Waals surface area (Å²) in [5, 5.41) is 0. The van der Waals surface area contributed by atoms with E-state index in [2.05, 4.69) is 13.8 Å². The fourth-order valence-corrected chi connectivity index (χ4v) is 2.50. The van der Waals surface area contributed by atoms with Crippen LogP contribution in [0.1, 0.15) is 39.7 Å². The number of rotatable bonds is 5. The van der Waals surface area contributed by atoms with E-state index in [0.29, 0.717) is 5.92 Å². The number of ether oxygens (including phenoxy) is 1. The molecule has 0 heterocycles. The molecule has 0 spiro atoms. The predicted octanol–water partition coefficient (Wildman–Crippen LogP) is 4.07. The minimum Gasteiger partial charge on any atom is -0.494 e. The molecule has 19 heavy (non-hydrogen) atoms. The molecule has 2 atom stereocenters. The fraction of sp³-hybridized carbons (Fsp3) is 0.471. The third-order valence-electron chi connectivity index (χ3n) is 3.70. The van der Waals surface area contributed by atoms with E-state index in [1.165, 1.54) is 0 Å². The van der Waals surface area contributed by atoms with Gasteiger partial charge in [0.05, 0.1) is 17.6 Å². The van der Waals surface area contributed by atoms with Crippen LogP contribution in [-0.4, -0.2) is 11.9 Å². The fourth-order valence-electron chi connectivity index (χ4n) is 2.50. The maximum absolute atomic E-state index is 12.4. The molecule has 0 saturated heterocycles. The molecule has 2 nitrogen and oxygen atoms in total. The lowest BCUT2D eigenvalue weighted by molar-refractivity contribution is -0.122. The van der Waals surface area contributed by atoms with E-state index in [-0.39, 0.29) is 17.8 Å². The average molecular weight is 258 g/mol. The molecule has 0 radical (unpaired) electrons. The van der Waals surface area contributed by atoms with Gasteiger partial charge in [-0.05, 0) is 25.3 Å². The molecule has 2 heteroatoms. The van der Waals surface area contributed by atoms with Gasteiger partial charge in [-0.15, -0.1) is 0 Å². The van der Waals surface area contributed by atoms with Crippen molar-refractivity contribution in [2.45, 2.75) is 40.2 Å². The second kappa shape index (κ2) is 5.60. The Balaban J connectivity index is 2.39. The van der Waals surface area contributed by atoms with E-state index < -0.39 is 0 Å². The molecule has 0 fully saturated rings.